The molecule has 0 unspecified atom stereocenters. The first-order valence-electron chi connectivity index (χ1n) is 15.8. The van der Waals surface area contributed by atoms with Crippen molar-refractivity contribution in [3.05, 3.63) is 150 Å². The Balaban J connectivity index is 1.26. The van der Waals surface area contributed by atoms with Crippen molar-refractivity contribution < 1.29 is 0 Å². The molecule has 0 bridgehead atoms. The van der Waals surface area contributed by atoms with Gasteiger partial charge in [-0.05, 0) is 42.5 Å². The molecule has 0 aliphatic carbocycles. The zero-order valence-corrected chi connectivity index (χ0v) is 25.2. The van der Waals surface area contributed by atoms with Crippen LogP contribution in [0.25, 0.3) is 77.9 Å². The summed E-state index contributed by atoms with van der Waals surface area (Å²) in [5.74, 6) is 0. The first-order valence-corrected chi connectivity index (χ1v) is 15.8. The smallest absolute Gasteiger partial charge is 0.0709 e. The van der Waals surface area contributed by atoms with Crippen molar-refractivity contribution in [1.82, 2.24) is 24.9 Å². The molecule has 6 heteroatoms. The Morgan fingerprint density at radius 3 is 1.77 bits per heavy atom. The molecule has 0 atom stereocenters. The van der Waals surface area contributed by atoms with Crippen molar-refractivity contribution in [1.29, 1.82) is 0 Å². The zero-order chi connectivity index (χ0) is 30.9. The van der Waals surface area contributed by atoms with E-state index in [4.69, 9.17) is 4.99 Å². The Morgan fingerprint density at radius 2 is 1.06 bits per heavy atom. The van der Waals surface area contributed by atoms with Gasteiger partial charge in [0.1, 0.15) is 0 Å². The average Bonchev–Trinajstić information content (AvgIpc) is 3.96. The maximum absolute atomic E-state index is 4.72. The number of aromatic amines is 5. The van der Waals surface area contributed by atoms with Crippen molar-refractivity contribution in [3.63, 3.8) is 0 Å². The van der Waals surface area contributed by atoms with E-state index in [1.54, 1.807) is 0 Å². The molecule has 0 fully saturated rings. The topological polar surface area (TPSA) is 91.3 Å². The van der Waals surface area contributed by atoms with Crippen molar-refractivity contribution >= 4 is 56.3 Å². The van der Waals surface area contributed by atoms with Crippen LogP contribution in [0.3, 0.4) is 0 Å². The van der Waals surface area contributed by atoms with E-state index >= 15 is 0 Å². The van der Waals surface area contributed by atoms with E-state index < -0.39 is 0 Å². The monoisotopic (exact) mass is 608 g/mol. The first-order chi connectivity index (χ1) is 23.3. The fourth-order valence-electron chi connectivity index (χ4n) is 7.16. The summed E-state index contributed by atoms with van der Waals surface area (Å²) in [7, 11) is 0. The molecular formula is C41H28N6. The Hall–Kier alpha value is -6.53. The summed E-state index contributed by atoms with van der Waals surface area (Å²) in [5, 5.41) is 5.60. The molecular weight excluding hydrogens is 580 g/mol. The number of H-pyrrole nitrogens is 5. The first kappa shape index (κ1) is 25.8. The SMILES string of the molecule is C1=Nc2ccccc2/C1=[13c]1\cc(-c2c[nH]c3ccccc23)/[13c](=C/[13c]2[nH][13c](-c3c[nH]c4ccccc34)cc2-c2c[nH]c3ccccc23)[nH]1. The van der Waals surface area contributed by atoms with Crippen LogP contribution in [-0.2, 0) is 0 Å². The molecule has 0 spiro atoms. The van der Waals surface area contributed by atoms with Crippen LogP contribution in [0.5, 0.6) is 0 Å². The molecule has 0 saturated heterocycles. The molecule has 0 saturated carbocycles. The molecule has 4 aromatic carbocycles. The van der Waals surface area contributed by atoms with Crippen LogP contribution in [0.1, 0.15) is 11.3 Å². The largest absolute Gasteiger partial charge is 0.361 e. The van der Waals surface area contributed by atoms with Gasteiger partial charge < -0.3 is 24.9 Å². The lowest BCUT2D eigenvalue weighted by Crippen LogP contribution is -2.14. The van der Waals surface area contributed by atoms with E-state index in [2.05, 4.69) is 153 Å². The number of aliphatic imine (C=N–C) groups is 1. The van der Waals surface area contributed by atoms with Crippen LogP contribution in [0.4, 0.5) is 5.69 Å². The summed E-state index contributed by atoms with van der Waals surface area (Å²) in [6.07, 6.45) is 10.6. The molecule has 5 aromatic heterocycles. The number of nitrogens with zero attached hydrogens (tertiary/aromatic N) is 1. The summed E-state index contributed by atoms with van der Waals surface area (Å²) >= 11 is 0. The van der Waals surface area contributed by atoms with Crippen LogP contribution < -0.4 is 10.7 Å². The van der Waals surface area contributed by atoms with E-state index in [9.17, 15) is 0 Å². The zero-order valence-electron chi connectivity index (χ0n) is 25.2. The fraction of sp³-hybridized carbons (Fsp3) is 0. The fourth-order valence-corrected chi connectivity index (χ4v) is 7.16. The van der Waals surface area contributed by atoms with Crippen LogP contribution in [0, 0.1) is 0 Å². The molecule has 9 aromatic rings. The predicted octanol–water partition coefficient (Wildman–Crippen LogP) is 8.53. The molecule has 1 aliphatic heterocycles. The van der Waals surface area contributed by atoms with Gasteiger partial charge in [-0.1, -0.05) is 72.8 Å². The molecule has 0 radical (unpaired) electrons. The number of aromatic nitrogens is 5. The Labute approximate surface area is 268 Å². The summed E-state index contributed by atoms with van der Waals surface area (Å²) in [6.45, 7) is 0. The van der Waals surface area contributed by atoms with Gasteiger partial charge in [-0.3, -0.25) is 4.99 Å². The second kappa shape index (κ2) is 9.99. The average molecular weight is 609 g/mol. The molecule has 0 amide bonds. The number of fused-ring (bicyclic) bond motifs is 4. The number of hydrogen-bond acceptors (Lipinski definition) is 1. The summed E-state index contributed by atoms with van der Waals surface area (Å²) < 4.78 is 0. The lowest BCUT2D eigenvalue weighted by Gasteiger charge is -2.00. The van der Waals surface area contributed by atoms with Crippen LogP contribution in [0.15, 0.2) is 133 Å². The molecule has 5 N–H and O–H groups in total. The molecule has 6 nitrogen and oxygen atoms in total. The number of hydrogen-bond donors (Lipinski definition) is 5. The number of rotatable bonds is 4. The molecule has 10 rings (SSSR count). The van der Waals surface area contributed by atoms with Gasteiger partial charge in [0, 0.05) is 119 Å². The normalized spacial score (nSPS) is 14.3. The van der Waals surface area contributed by atoms with Crippen LogP contribution in [-0.4, -0.2) is 31.1 Å². The number of benzene rings is 4. The van der Waals surface area contributed by atoms with E-state index in [1.165, 1.54) is 16.2 Å². The maximum atomic E-state index is 4.72. The van der Waals surface area contributed by atoms with E-state index in [1.807, 2.05) is 12.3 Å². The standard InChI is InChI=1S/C41H28N6/c1-5-13-34-24(9-1)30(20-42-34)28-17-38(32-22-44-36-15-7-3-11-26(32)36)46-40(28)19-41-29(31-21-43-35-14-6-2-10-25(31)35)18-39(47-41)33-23-45-37-16-8-4-12-27(33)37/h1-23,42-44,46-47H/b39-33+,41-19-/i38+1,39+1,40+1,41+1. The van der Waals surface area contributed by atoms with Gasteiger partial charge in [0.05, 0.1) is 5.69 Å². The Kier molecular flexibility index (Phi) is 5.48. The number of nitrogens with one attached hydrogen (secondary N) is 5. The maximum Gasteiger partial charge on any atom is 0.0709 e. The van der Waals surface area contributed by atoms with Crippen molar-refractivity contribution in [2.45, 2.75) is 0 Å². The third-order valence-electron chi connectivity index (χ3n) is 9.44. The minimum atomic E-state index is 0.991. The highest BCUT2D eigenvalue weighted by Crippen LogP contribution is 2.37. The van der Waals surface area contributed by atoms with Gasteiger partial charge in [0.25, 0.3) is 0 Å². The van der Waals surface area contributed by atoms with E-state index in [0.29, 0.717) is 0 Å². The highest BCUT2D eigenvalue weighted by Gasteiger charge is 2.18. The third kappa shape index (κ3) is 4.02. The third-order valence-corrected chi connectivity index (χ3v) is 9.44. The second-order valence-corrected chi connectivity index (χ2v) is 12.1. The molecule has 222 valence electrons. The molecule has 1 aliphatic rings. The summed E-state index contributed by atoms with van der Waals surface area (Å²) in [5.41, 5.74) is 14.3. The summed E-state index contributed by atoms with van der Waals surface area (Å²) in [4.78, 5) is 22.8. The van der Waals surface area contributed by atoms with Gasteiger partial charge >= 0.3 is 0 Å². The quantitative estimate of drug-likeness (QED) is 0.133. The van der Waals surface area contributed by atoms with E-state index in [-0.39, 0.29) is 0 Å². The van der Waals surface area contributed by atoms with Gasteiger partial charge in [-0.2, -0.15) is 0 Å². The molecule has 6 heterocycles. The van der Waals surface area contributed by atoms with Crippen molar-refractivity contribution in [3.8, 4) is 33.5 Å². The second-order valence-electron chi connectivity index (χ2n) is 12.1. The van der Waals surface area contributed by atoms with Crippen LogP contribution >= 0.6 is 0 Å². The lowest BCUT2D eigenvalue weighted by molar-refractivity contribution is 1.25. The van der Waals surface area contributed by atoms with Crippen molar-refractivity contribution in [2.24, 2.45) is 4.99 Å². The lowest BCUT2D eigenvalue weighted by atomic mass is 10.1. The predicted molar refractivity (Wildman–Crippen MR) is 193 cm³/mol. The van der Waals surface area contributed by atoms with Gasteiger partial charge in [-0.25, -0.2) is 0 Å². The highest BCUT2D eigenvalue weighted by atomic mass is 15.1. The minimum absolute atomic E-state index is 0.991. The van der Waals surface area contributed by atoms with Gasteiger partial charge in [-0.15, -0.1) is 0 Å². The van der Waals surface area contributed by atoms with Crippen LogP contribution in [0.2, 0.25) is 0 Å². The Morgan fingerprint density at radius 1 is 0.489 bits per heavy atom. The van der Waals surface area contributed by atoms with E-state index in [0.717, 1.165) is 83.3 Å². The minimum Gasteiger partial charge on any atom is -0.361 e. The highest BCUT2D eigenvalue weighted by molar-refractivity contribution is 6.16. The van der Waals surface area contributed by atoms with Gasteiger partial charge in [0.2, 0.25) is 0 Å². The van der Waals surface area contributed by atoms with Crippen molar-refractivity contribution in [2.75, 3.05) is 0 Å². The number of para-hydroxylation sites is 4. The summed E-state index contributed by atoms with van der Waals surface area (Å²) in [6, 6.07) is 38.2. The Bertz CT molecular complexity index is 2810. The van der Waals surface area contributed by atoms with Gasteiger partial charge in [0.15, 0.2) is 0 Å². The molecule has 47 heavy (non-hydrogen) atoms.